The molecule has 0 spiro atoms. The number of hydrogen-bond acceptors (Lipinski definition) is 3. The highest BCUT2D eigenvalue weighted by atomic mass is 15.3. The van der Waals surface area contributed by atoms with E-state index in [1.165, 1.54) is 11.8 Å². The molecule has 1 N–H and O–H groups in total. The molecule has 2 aromatic rings. The van der Waals surface area contributed by atoms with Crippen LogP contribution in [0, 0.1) is 0 Å². The number of benzene rings is 1. The number of piperazine rings is 1. The van der Waals surface area contributed by atoms with Gasteiger partial charge in [0.15, 0.2) is 0 Å². The van der Waals surface area contributed by atoms with Gasteiger partial charge in [-0.05, 0) is 24.6 Å². The molecule has 86 valence electrons. The summed E-state index contributed by atoms with van der Waals surface area (Å²) in [6, 6.07) is 14.0. The Bertz CT molecular complexity index is 566. The molecule has 2 atom stereocenters. The first-order chi connectivity index (χ1) is 8.40. The smallest absolute Gasteiger partial charge is 0.129 e. The van der Waals surface area contributed by atoms with Crippen molar-refractivity contribution < 1.29 is 0 Å². The summed E-state index contributed by atoms with van der Waals surface area (Å²) in [6.07, 6.45) is 1.27. The largest absolute Gasteiger partial charge is 0.351 e. The van der Waals surface area contributed by atoms with E-state index >= 15 is 0 Å². The third-order valence-electron chi connectivity index (χ3n) is 3.93. The Labute approximate surface area is 100 Å². The molecule has 2 aliphatic rings. The van der Waals surface area contributed by atoms with Gasteiger partial charge in [0.25, 0.3) is 0 Å². The third-order valence-corrected chi connectivity index (χ3v) is 3.93. The zero-order valence-corrected chi connectivity index (χ0v) is 9.63. The van der Waals surface area contributed by atoms with Gasteiger partial charge in [-0.15, -0.1) is 0 Å². The van der Waals surface area contributed by atoms with Crippen LogP contribution in [0.1, 0.15) is 6.42 Å². The lowest BCUT2D eigenvalue weighted by atomic mass is 10.2. The highest BCUT2D eigenvalue weighted by molar-refractivity contribution is 5.80. The summed E-state index contributed by atoms with van der Waals surface area (Å²) in [6.45, 7) is 2.22. The number of nitrogens with zero attached hydrogens (tertiary/aromatic N) is 2. The lowest BCUT2D eigenvalue weighted by molar-refractivity contribution is 0.577. The average molecular weight is 225 g/mol. The molecule has 3 heterocycles. The Hall–Kier alpha value is -1.61. The maximum Gasteiger partial charge on any atom is 0.129 e. The molecule has 0 saturated carbocycles. The summed E-state index contributed by atoms with van der Waals surface area (Å²) >= 11 is 0. The molecule has 0 radical (unpaired) electrons. The van der Waals surface area contributed by atoms with Gasteiger partial charge in [0, 0.05) is 30.6 Å². The highest BCUT2D eigenvalue weighted by Gasteiger charge is 2.38. The quantitative estimate of drug-likeness (QED) is 0.802. The molecule has 1 aromatic carbocycles. The van der Waals surface area contributed by atoms with Crippen LogP contribution in [0.2, 0.25) is 0 Å². The van der Waals surface area contributed by atoms with Crippen molar-refractivity contribution in [2.45, 2.75) is 18.5 Å². The number of anilines is 1. The third kappa shape index (κ3) is 1.42. The van der Waals surface area contributed by atoms with Gasteiger partial charge < -0.3 is 10.2 Å². The Morgan fingerprint density at radius 3 is 2.94 bits per heavy atom. The number of hydrogen-bond donors (Lipinski definition) is 1. The zero-order chi connectivity index (χ0) is 11.2. The molecule has 2 aliphatic heterocycles. The molecule has 4 rings (SSSR count). The van der Waals surface area contributed by atoms with E-state index in [0.717, 1.165) is 24.4 Å². The van der Waals surface area contributed by atoms with E-state index < -0.39 is 0 Å². The van der Waals surface area contributed by atoms with Crippen molar-refractivity contribution in [2.24, 2.45) is 0 Å². The Morgan fingerprint density at radius 2 is 2.12 bits per heavy atom. The van der Waals surface area contributed by atoms with E-state index in [9.17, 15) is 0 Å². The van der Waals surface area contributed by atoms with Crippen LogP contribution < -0.4 is 10.2 Å². The van der Waals surface area contributed by atoms with Crippen LogP contribution in [0.5, 0.6) is 0 Å². The van der Waals surface area contributed by atoms with Gasteiger partial charge >= 0.3 is 0 Å². The van der Waals surface area contributed by atoms with E-state index in [-0.39, 0.29) is 0 Å². The van der Waals surface area contributed by atoms with Gasteiger partial charge in [0.05, 0.1) is 5.52 Å². The lowest BCUT2D eigenvalue weighted by Gasteiger charge is -2.28. The van der Waals surface area contributed by atoms with E-state index in [4.69, 9.17) is 4.98 Å². The molecule has 3 heteroatoms. The van der Waals surface area contributed by atoms with E-state index in [1.807, 2.05) is 0 Å². The number of para-hydroxylation sites is 1. The molecule has 17 heavy (non-hydrogen) atoms. The van der Waals surface area contributed by atoms with Gasteiger partial charge in [0.2, 0.25) is 0 Å². The summed E-state index contributed by atoms with van der Waals surface area (Å²) in [5.74, 6) is 1.14. The molecule has 3 nitrogen and oxygen atoms in total. The topological polar surface area (TPSA) is 28.2 Å². The Morgan fingerprint density at radius 1 is 1.18 bits per heavy atom. The van der Waals surface area contributed by atoms with Crippen molar-refractivity contribution in [3.05, 3.63) is 36.4 Å². The number of aromatic nitrogens is 1. The lowest BCUT2D eigenvalue weighted by Crippen LogP contribution is -2.43. The number of pyridine rings is 1. The van der Waals surface area contributed by atoms with Crippen LogP contribution in [-0.2, 0) is 0 Å². The fraction of sp³-hybridized carbons (Fsp3) is 0.357. The fourth-order valence-electron chi connectivity index (χ4n) is 3.06. The minimum absolute atomic E-state index is 0.647. The van der Waals surface area contributed by atoms with Crippen molar-refractivity contribution >= 4 is 16.7 Å². The maximum atomic E-state index is 4.77. The van der Waals surface area contributed by atoms with Crippen molar-refractivity contribution in [3.63, 3.8) is 0 Å². The van der Waals surface area contributed by atoms with Gasteiger partial charge in [0.1, 0.15) is 5.82 Å². The summed E-state index contributed by atoms with van der Waals surface area (Å²) in [4.78, 5) is 7.23. The highest BCUT2D eigenvalue weighted by Crippen LogP contribution is 2.29. The van der Waals surface area contributed by atoms with Crippen molar-refractivity contribution in [1.82, 2.24) is 10.3 Å². The molecule has 0 amide bonds. The second kappa shape index (κ2) is 3.44. The molecule has 2 bridgehead atoms. The minimum atomic E-state index is 0.647. The van der Waals surface area contributed by atoms with Crippen LogP contribution in [0.4, 0.5) is 5.82 Å². The molecule has 2 saturated heterocycles. The van der Waals surface area contributed by atoms with Crippen LogP contribution in [-0.4, -0.2) is 30.2 Å². The second-order valence-electron chi connectivity index (χ2n) is 5.01. The summed E-state index contributed by atoms with van der Waals surface area (Å²) < 4.78 is 0. The average Bonchev–Trinajstić information content (AvgIpc) is 3.00. The van der Waals surface area contributed by atoms with Crippen LogP contribution in [0.15, 0.2) is 36.4 Å². The normalized spacial score (nSPS) is 26.9. The van der Waals surface area contributed by atoms with E-state index in [1.54, 1.807) is 0 Å². The van der Waals surface area contributed by atoms with Gasteiger partial charge in [-0.3, -0.25) is 0 Å². The second-order valence-corrected chi connectivity index (χ2v) is 5.01. The number of rotatable bonds is 1. The molecule has 2 fully saturated rings. The SMILES string of the molecule is c1ccc2nc(N3CC4CC3CN4)ccc2c1. The fourth-order valence-corrected chi connectivity index (χ4v) is 3.06. The van der Waals surface area contributed by atoms with Gasteiger partial charge in [-0.1, -0.05) is 18.2 Å². The molecule has 2 unspecified atom stereocenters. The van der Waals surface area contributed by atoms with E-state index in [2.05, 4.69) is 46.6 Å². The monoisotopic (exact) mass is 225 g/mol. The van der Waals surface area contributed by atoms with Crippen LogP contribution in [0.3, 0.4) is 0 Å². The number of nitrogens with one attached hydrogen (secondary N) is 1. The predicted octanol–water partition coefficient (Wildman–Crippen LogP) is 1.79. The van der Waals surface area contributed by atoms with Gasteiger partial charge in [-0.2, -0.15) is 0 Å². The first-order valence-corrected chi connectivity index (χ1v) is 6.26. The zero-order valence-electron chi connectivity index (χ0n) is 9.63. The summed E-state index contributed by atoms with van der Waals surface area (Å²) in [5.41, 5.74) is 1.10. The Kier molecular flexibility index (Phi) is 1.91. The van der Waals surface area contributed by atoms with Gasteiger partial charge in [-0.25, -0.2) is 4.98 Å². The molecular weight excluding hydrogens is 210 g/mol. The molecular formula is C14H15N3. The van der Waals surface area contributed by atoms with Crippen LogP contribution >= 0.6 is 0 Å². The predicted molar refractivity (Wildman–Crippen MR) is 69.3 cm³/mol. The first kappa shape index (κ1) is 9.42. The van der Waals surface area contributed by atoms with Crippen LogP contribution in [0.25, 0.3) is 10.9 Å². The minimum Gasteiger partial charge on any atom is -0.351 e. The first-order valence-electron chi connectivity index (χ1n) is 6.26. The summed E-state index contributed by atoms with van der Waals surface area (Å²) in [5, 5.41) is 4.74. The van der Waals surface area contributed by atoms with E-state index in [0.29, 0.717) is 12.1 Å². The maximum absolute atomic E-state index is 4.77. The molecule has 1 aromatic heterocycles. The van der Waals surface area contributed by atoms with Crippen molar-refractivity contribution in [2.75, 3.05) is 18.0 Å². The molecule has 0 aliphatic carbocycles. The Balaban J connectivity index is 1.76. The number of fused-ring (bicyclic) bond motifs is 3. The standard InChI is InChI=1S/C14H15N3/c1-2-4-13-10(3-1)5-6-14(16-13)17-9-11-7-12(17)8-15-11/h1-6,11-12,15H,7-9H2. The van der Waals surface area contributed by atoms with Crippen molar-refractivity contribution in [1.29, 1.82) is 0 Å². The summed E-state index contributed by atoms with van der Waals surface area (Å²) in [7, 11) is 0. The van der Waals surface area contributed by atoms with Crippen molar-refractivity contribution in [3.8, 4) is 0 Å².